The van der Waals surface area contributed by atoms with Crippen molar-refractivity contribution in [2.45, 2.75) is 52.1 Å². The normalized spacial score (nSPS) is 18.1. The van der Waals surface area contributed by atoms with Gasteiger partial charge in [0, 0.05) is 32.1 Å². The zero-order valence-corrected chi connectivity index (χ0v) is 15.5. The Kier molecular flexibility index (Phi) is 6.59. The summed E-state index contributed by atoms with van der Waals surface area (Å²) in [4.78, 5) is 25.8. The minimum Gasteiger partial charge on any atom is -0.390 e. The van der Waals surface area contributed by atoms with Gasteiger partial charge in [-0.3, -0.25) is 9.59 Å². The fourth-order valence-electron chi connectivity index (χ4n) is 3.20. The van der Waals surface area contributed by atoms with E-state index in [0.717, 1.165) is 31.4 Å². The van der Waals surface area contributed by atoms with E-state index in [1.165, 1.54) is 6.92 Å². The molecular formula is C20H30N2O3. The Morgan fingerprint density at radius 1 is 1.36 bits per heavy atom. The van der Waals surface area contributed by atoms with E-state index >= 15 is 0 Å². The number of rotatable bonds is 6. The third-order valence-electron chi connectivity index (χ3n) is 4.65. The maximum atomic E-state index is 12.8. The molecule has 2 N–H and O–H groups in total. The number of nitrogens with zero attached hydrogens (tertiary/aromatic N) is 1. The van der Waals surface area contributed by atoms with Crippen molar-refractivity contribution < 1.29 is 14.7 Å². The van der Waals surface area contributed by atoms with Crippen molar-refractivity contribution in [3.8, 4) is 0 Å². The summed E-state index contributed by atoms with van der Waals surface area (Å²) < 4.78 is 0. The van der Waals surface area contributed by atoms with Crippen LogP contribution in [-0.4, -0.2) is 47.1 Å². The third kappa shape index (κ3) is 6.50. The largest absolute Gasteiger partial charge is 0.390 e. The van der Waals surface area contributed by atoms with Gasteiger partial charge < -0.3 is 15.3 Å². The van der Waals surface area contributed by atoms with Crippen molar-refractivity contribution in [1.29, 1.82) is 0 Å². The number of aliphatic hydroxyl groups is 1. The molecule has 1 aliphatic heterocycles. The number of benzene rings is 1. The molecule has 1 aromatic carbocycles. The van der Waals surface area contributed by atoms with Crippen molar-refractivity contribution >= 4 is 11.8 Å². The standard InChI is InChI=1S/C20H30N2O3/c1-15(23)21-13-17-7-5-11-22(14-17)19(24)18-8-4-6-16(12-18)9-10-20(2,3)25/h4,6,8,12,17,25H,5,7,9-11,13-14H2,1-3H3,(H,21,23)/t17-/m0/s1. The number of hydrogen-bond acceptors (Lipinski definition) is 3. The molecule has 25 heavy (non-hydrogen) atoms. The average molecular weight is 346 g/mol. The summed E-state index contributed by atoms with van der Waals surface area (Å²) in [6, 6.07) is 7.70. The second-order valence-corrected chi connectivity index (χ2v) is 7.71. The Morgan fingerprint density at radius 3 is 2.80 bits per heavy atom. The Bertz CT molecular complexity index is 607. The van der Waals surface area contributed by atoms with E-state index in [1.54, 1.807) is 13.8 Å². The van der Waals surface area contributed by atoms with Gasteiger partial charge in [-0.1, -0.05) is 12.1 Å². The highest BCUT2D eigenvalue weighted by Crippen LogP contribution is 2.20. The van der Waals surface area contributed by atoms with Gasteiger partial charge in [0.1, 0.15) is 0 Å². The molecule has 0 saturated carbocycles. The monoisotopic (exact) mass is 346 g/mol. The van der Waals surface area contributed by atoms with E-state index < -0.39 is 5.60 Å². The summed E-state index contributed by atoms with van der Waals surface area (Å²) >= 11 is 0. The minimum absolute atomic E-state index is 0.0250. The Balaban J connectivity index is 1.98. The van der Waals surface area contributed by atoms with Crippen molar-refractivity contribution in [2.24, 2.45) is 5.92 Å². The summed E-state index contributed by atoms with van der Waals surface area (Å²) in [6.07, 6.45) is 3.41. The lowest BCUT2D eigenvalue weighted by Crippen LogP contribution is -2.43. The first-order valence-corrected chi connectivity index (χ1v) is 9.09. The first kappa shape index (κ1) is 19.4. The highest BCUT2D eigenvalue weighted by Gasteiger charge is 2.24. The van der Waals surface area contributed by atoms with Gasteiger partial charge >= 0.3 is 0 Å². The third-order valence-corrected chi connectivity index (χ3v) is 4.65. The lowest BCUT2D eigenvalue weighted by Gasteiger charge is -2.33. The molecule has 1 heterocycles. The van der Waals surface area contributed by atoms with Crippen LogP contribution >= 0.6 is 0 Å². The van der Waals surface area contributed by atoms with Crippen LogP contribution in [0.3, 0.4) is 0 Å². The molecule has 1 atom stereocenters. The number of aryl methyl sites for hydroxylation is 1. The lowest BCUT2D eigenvalue weighted by molar-refractivity contribution is -0.119. The molecule has 1 fully saturated rings. The highest BCUT2D eigenvalue weighted by atomic mass is 16.3. The molecule has 2 rings (SSSR count). The van der Waals surface area contributed by atoms with Crippen LogP contribution in [0.15, 0.2) is 24.3 Å². The molecule has 0 bridgehead atoms. The van der Waals surface area contributed by atoms with Gasteiger partial charge in [0.2, 0.25) is 5.91 Å². The molecule has 1 aromatic rings. The van der Waals surface area contributed by atoms with Crippen molar-refractivity contribution in [3.63, 3.8) is 0 Å². The number of nitrogens with one attached hydrogen (secondary N) is 1. The van der Waals surface area contributed by atoms with Gasteiger partial charge in [-0.25, -0.2) is 0 Å². The van der Waals surface area contributed by atoms with E-state index in [9.17, 15) is 14.7 Å². The molecule has 5 heteroatoms. The number of hydrogen-bond donors (Lipinski definition) is 2. The van der Waals surface area contributed by atoms with E-state index in [2.05, 4.69) is 5.32 Å². The van der Waals surface area contributed by atoms with E-state index in [-0.39, 0.29) is 11.8 Å². The summed E-state index contributed by atoms with van der Waals surface area (Å²) in [6.45, 7) is 7.20. The topological polar surface area (TPSA) is 69.6 Å². The lowest BCUT2D eigenvalue weighted by atomic mass is 9.96. The number of amides is 2. The van der Waals surface area contributed by atoms with Crippen LogP contribution in [0.4, 0.5) is 0 Å². The Labute approximate surface area is 150 Å². The molecule has 2 amide bonds. The number of likely N-dealkylation sites (tertiary alicyclic amines) is 1. The summed E-state index contributed by atoms with van der Waals surface area (Å²) in [7, 11) is 0. The fourth-order valence-corrected chi connectivity index (χ4v) is 3.20. The van der Waals surface area contributed by atoms with Crippen LogP contribution < -0.4 is 5.32 Å². The molecule has 1 aliphatic rings. The molecule has 0 aliphatic carbocycles. The second-order valence-electron chi connectivity index (χ2n) is 7.71. The van der Waals surface area contributed by atoms with Crippen LogP contribution in [0.25, 0.3) is 0 Å². The maximum Gasteiger partial charge on any atom is 0.253 e. The molecule has 0 aromatic heterocycles. The molecule has 138 valence electrons. The molecule has 1 saturated heterocycles. The minimum atomic E-state index is -0.705. The SMILES string of the molecule is CC(=O)NC[C@@H]1CCCN(C(=O)c2cccc(CCC(C)(C)O)c2)C1. The van der Waals surface area contributed by atoms with Crippen molar-refractivity contribution in [3.05, 3.63) is 35.4 Å². The average Bonchev–Trinajstić information content (AvgIpc) is 2.57. The zero-order chi connectivity index (χ0) is 18.4. The number of piperidine rings is 1. The van der Waals surface area contributed by atoms with Gasteiger partial charge in [0.25, 0.3) is 5.91 Å². The quantitative estimate of drug-likeness (QED) is 0.831. The van der Waals surface area contributed by atoms with Gasteiger partial charge in [0.15, 0.2) is 0 Å². The predicted molar refractivity (Wildman–Crippen MR) is 98.4 cm³/mol. The van der Waals surface area contributed by atoms with Gasteiger partial charge in [-0.15, -0.1) is 0 Å². The summed E-state index contributed by atoms with van der Waals surface area (Å²) in [5, 5.41) is 12.7. The fraction of sp³-hybridized carbons (Fsp3) is 0.600. The second kappa shape index (κ2) is 8.48. The molecule has 5 nitrogen and oxygen atoms in total. The Hall–Kier alpha value is -1.88. The van der Waals surface area contributed by atoms with Gasteiger partial charge in [-0.05, 0) is 63.1 Å². The number of carbonyl (C=O) groups is 2. The van der Waals surface area contributed by atoms with E-state index in [4.69, 9.17) is 0 Å². The first-order valence-electron chi connectivity index (χ1n) is 9.09. The van der Waals surface area contributed by atoms with E-state index in [0.29, 0.717) is 31.0 Å². The Morgan fingerprint density at radius 2 is 2.12 bits per heavy atom. The smallest absolute Gasteiger partial charge is 0.253 e. The van der Waals surface area contributed by atoms with Crippen LogP contribution in [0.1, 0.15) is 56.0 Å². The first-order chi connectivity index (χ1) is 11.7. The van der Waals surface area contributed by atoms with E-state index in [1.807, 2.05) is 29.2 Å². The molecule has 0 radical (unpaired) electrons. The van der Waals surface area contributed by atoms with Crippen LogP contribution in [-0.2, 0) is 11.2 Å². The van der Waals surface area contributed by atoms with Crippen LogP contribution in [0.2, 0.25) is 0 Å². The van der Waals surface area contributed by atoms with Crippen LogP contribution in [0.5, 0.6) is 0 Å². The van der Waals surface area contributed by atoms with Gasteiger partial charge in [-0.2, -0.15) is 0 Å². The zero-order valence-electron chi connectivity index (χ0n) is 15.5. The summed E-state index contributed by atoms with van der Waals surface area (Å²) in [5.41, 5.74) is 1.07. The highest BCUT2D eigenvalue weighted by molar-refractivity contribution is 5.94. The van der Waals surface area contributed by atoms with Gasteiger partial charge in [0.05, 0.1) is 5.60 Å². The van der Waals surface area contributed by atoms with Crippen molar-refractivity contribution in [2.75, 3.05) is 19.6 Å². The maximum absolute atomic E-state index is 12.8. The molecular weight excluding hydrogens is 316 g/mol. The molecule has 0 unspecified atom stereocenters. The number of carbonyl (C=O) groups excluding carboxylic acids is 2. The van der Waals surface area contributed by atoms with Crippen molar-refractivity contribution in [1.82, 2.24) is 10.2 Å². The summed E-state index contributed by atoms with van der Waals surface area (Å²) in [5.74, 6) is 0.348. The predicted octanol–water partition coefficient (Wildman–Crippen LogP) is 2.38. The molecule has 0 spiro atoms. The van der Waals surface area contributed by atoms with Crippen LogP contribution in [0, 0.1) is 5.92 Å².